The lowest BCUT2D eigenvalue weighted by atomic mass is 10.0. The van der Waals surface area contributed by atoms with E-state index in [1.807, 2.05) is 50.2 Å². The Hall–Kier alpha value is -2.86. The normalized spacial score (nSPS) is 10.8. The Morgan fingerprint density at radius 1 is 0.875 bits per heavy atom. The van der Waals surface area contributed by atoms with Crippen LogP contribution in [0.15, 0.2) is 36.4 Å². The molecule has 122 valence electrons. The van der Waals surface area contributed by atoms with Gasteiger partial charge >= 0.3 is 0 Å². The van der Waals surface area contributed by atoms with E-state index in [9.17, 15) is 0 Å². The topological polar surface area (TPSA) is 86.8 Å². The van der Waals surface area contributed by atoms with Gasteiger partial charge in [-0.05, 0) is 31.5 Å². The predicted octanol–water partition coefficient (Wildman–Crippen LogP) is 2.95. The number of nitrogens with two attached hydrogens (primary N) is 1. The number of aromatic nitrogens is 4. The van der Waals surface area contributed by atoms with Crippen molar-refractivity contribution in [3.63, 3.8) is 0 Å². The molecule has 6 nitrogen and oxygen atoms in total. The SMILES string of the molecule is COCc1ccc(-c2nc(N)nnc2-c2cc(C)nc(C)c2)cc1. The maximum absolute atomic E-state index is 5.76. The van der Waals surface area contributed by atoms with Gasteiger partial charge in [0.1, 0.15) is 11.4 Å². The highest BCUT2D eigenvalue weighted by Crippen LogP contribution is 2.29. The standard InChI is InChI=1S/C18H19N5O/c1-11-8-15(9-12(2)20-11)17-16(21-18(19)23-22-17)14-6-4-13(5-7-14)10-24-3/h4-9H,10H2,1-3H3,(H2,19,21,23). The second-order valence-corrected chi connectivity index (χ2v) is 5.64. The molecule has 6 heteroatoms. The fourth-order valence-corrected chi connectivity index (χ4v) is 2.63. The summed E-state index contributed by atoms with van der Waals surface area (Å²) in [5.41, 5.74) is 12.0. The Kier molecular flexibility index (Phi) is 4.48. The van der Waals surface area contributed by atoms with Gasteiger partial charge in [0, 0.05) is 29.6 Å². The highest BCUT2D eigenvalue weighted by Gasteiger charge is 2.14. The number of nitrogens with zero attached hydrogens (tertiary/aromatic N) is 4. The summed E-state index contributed by atoms with van der Waals surface area (Å²) in [6, 6.07) is 11.9. The summed E-state index contributed by atoms with van der Waals surface area (Å²) in [5.74, 6) is 0.150. The molecule has 0 amide bonds. The van der Waals surface area contributed by atoms with Gasteiger partial charge in [0.15, 0.2) is 0 Å². The Bertz CT molecular complexity index is 842. The van der Waals surface area contributed by atoms with Crippen LogP contribution in [0.2, 0.25) is 0 Å². The van der Waals surface area contributed by atoms with Crippen LogP contribution in [0.3, 0.4) is 0 Å². The number of anilines is 1. The molecule has 0 bridgehead atoms. The van der Waals surface area contributed by atoms with Gasteiger partial charge in [-0.15, -0.1) is 10.2 Å². The first-order chi connectivity index (χ1) is 11.6. The van der Waals surface area contributed by atoms with Crippen molar-refractivity contribution < 1.29 is 4.74 Å². The average molecular weight is 321 g/mol. The zero-order valence-corrected chi connectivity index (χ0v) is 13.9. The molecule has 0 saturated carbocycles. The maximum atomic E-state index is 5.76. The number of ether oxygens (including phenoxy) is 1. The Balaban J connectivity index is 2.11. The van der Waals surface area contributed by atoms with E-state index in [0.29, 0.717) is 18.0 Å². The first-order valence-electron chi connectivity index (χ1n) is 7.61. The van der Waals surface area contributed by atoms with Crippen molar-refractivity contribution in [1.29, 1.82) is 0 Å². The molecule has 1 aromatic carbocycles. The second-order valence-electron chi connectivity index (χ2n) is 5.64. The summed E-state index contributed by atoms with van der Waals surface area (Å²) >= 11 is 0. The molecule has 0 atom stereocenters. The van der Waals surface area contributed by atoms with E-state index in [-0.39, 0.29) is 5.95 Å². The molecule has 0 aliphatic rings. The largest absolute Gasteiger partial charge is 0.380 e. The minimum Gasteiger partial charge on any atom is -0.380 e. The molecule has 0 unspecified atom stereocenters. The van der Waals surface area contributed by atoms with Crippen LogP contribution in [-0.2, 0) is 11.3 Å². The third-order valence-corrected chi connectivity index (χ3v) is 3.60. The van der Waals surface area contributed by atoms with Gasteiger partial charge < -0.3 is 10.5 Å². The molecule has 3 aromatic rings. The van der Waals surface area contributed by atoms with Crippen molar-refractivity contribution in [2.24, 2.45) is 0 Å². The van der Waals surface area contributed by atoms with Crippen molar-refractivity contribution in [3.05, 3.63) is 53.3 Å². The quantitative estimate of drug-likeness (QED) is 0.795. The fourth-order valence-electron chi connectivity index (χ4n) is 2.63. The van der Waals surface area contributed by atoms with Crippen LogP contribution in [0.25, 0.3) is 22.5 Å². The summed E-state index contributed by atoms with van der Waals surface area (Å²) in [7, 11) is 1.68. The highest BCUT2D eigenvalue weighted by atomic mass is 16.5. The molecule has 0 aliphatic heterocycles. The first kappa shape index (κ1) is 16.0. The van der Waals surface area contributed by atoms with Crippen molar-refractivity contribution in [3.8, 4) is 22.5 Å². The lowest BCUT2D eigenvalue weighted by Gasteiger charge is -2.10. The zero-order chi connectivity index (χ0) is 17.1. The van der Waals surface area contributed by atoms with E-state index in [1.165, 1.54) is 0 Å². The molecule has 0 spiro atoms. The van der Waals surface area contributed by atoms with E-state index in [2.05, 4.69) is 20.2 Å². The van der Waals surface area contributed by atoms with Gasteiger partial charge in [0.25, 0.3) is 0 Å². The van der Waals surface area contributed by atoms with E-state index in [1.54, 1.807) is 7.11 Å². The monoisotopic (exact) mass is 321 g/mol. The smallest absolute Gasteiger partial charge is 0.240 e. The Labute approximate surface area is 140 Å². The summed E-state index contributed by atoms with van der Waals surface area (Å²) in [6.07, 6.45) is 0. The summed E-state index contributed by atoms with van der Waals surface area (Å²) < 4.78 is 5.15. The molecule has 0 saturated heterocycles. The lowest BCUT2D eigenvalue weighted by Crippen LogP contribution is -2.03. The first-order valence-corrected chi connectivity index (χ1v) is 7.61. The number of hydrogen-bond acceptors (Lipinski definition) is 6. The Morgan fingerprint density at radius 2 is 1.54 bits per heavy atom. The maximum Gasteiger partial charge on any atom is 0.240 e. The number of pyridine rings is 1. The predicted molar refractivity (Wildman–Crippen MR) is 93.1 cm³/mol. The number of benzene rings is 1. The lowest BCUT2D eigenvalue weighted by molar-refractivity contribution is 0.185. The van der Waals surface area contributed by atoms with Crippen LogP contribution in [0, 0.1) is 13.8 Å². The van der Waals surface area contributed by atoms with Crippen molar-refractivity contribution in [1.82, 2.24) is 20.2 Å². The van der Waals surface area contributed by atoms with Crippen molar-refractivity contribution in [2.75, 3.05) is 12.8 Å². The van der Waals surface area contributed by atoms with Crippen LogP contribution in [0.4, 0.5) is 5.95 Å². The van der Waals surface area contributed by atoms with Gasteiger partial charge in [-0.3, -0.25) is 4.98 Å². The van der Waals surface area contributed by atoms with Crippen LogP contribution >= 0.6 is 0 Å². The van der Waals surface area contributed by atoms with E-state index < -0.39 is 0 Å². The second kappa shape index (κ2) is 6.72. The number of methoxy groups -OCH3 is 1. The van der Waals surface area contributed by atoms with E-state index >= 15 is 0 Å². The molecule has 2 N–H and O–H groups in total. The van der Waals surface area contributed by atoms with E-state index in [4.69, 9.17) is 10.5 Å². The fraction of sp³-hybridized carbons (Fsp3) is 0.222. The third kappa shape index (κ3) is 3.38. The Morgan fingerprint density at radius 3 is 2.17 bits per heavy atom. The molecule has 0 fully saturated rings. The van der Waals surface area contributed by atoms with Crippen LogP contribution in [0.1, 0.15) is 17.0 Å². The third-order valence-electron chi connectivity index (χ3n) is 3.60. The minimum atomic E-state index is 0.150. The molecule has 2 heterocycles. The molecule has 24 heavy (non-hydrogen) atoms. The summed E-state index contributed by atoms with van der Waals surface area (Å²) in [4.78, 5) is 8.81. The zero-order valence-electron chi connectivity index (χ0n) is 13.9. The van der Waals surface area contributed by atoms with E-state index in [0.717, 1.165) is 28.1 Å². The van der Waals surface area contributed by atoms with Crippen LogP contribution in [0.5, 0.6) is 0 Å². The van der Waals surface area contributed by atoms with Gasteiger partial charge in [0.2, 0.25) is 5.95 Å². The van der Waals surface area contributed by atoms with Gasteiger partial charge in [-0.2, -0.15) is 0 Å². The average Bonchev–Trinajstić information content (AvgIpc) is 2.55. The molecule has 0 radical (unpaired) electrons. The van der Waals surface area contributed by atoms with Gasteiger partial charge in [0.05, 0.1) is 6.61 Å². The molecule has 0 aliphatic carbocycles. The molecular formula is C18H19N5O. The van der Waals surface area contributed by atoms with Gasteiger partial charge in [-0.1, -0.05) is 24.3 Å². The van der Waals surface area contributed by atoms with Crippen molar-refractivity contribution >= 4 is 5.95 Å². The molecular weight excluding hydrogens is 302 g/mol. The van der Waals surface area contributed by atoms with Crippen molar-refractivity contribution in [2.45, 2.75) is 20.5 Å². The summed E-state index contributed by atoms with van der Waals surface area (Å²) in [6.45, 7) is 4.47. The number of aryl methyl sites for hydroxylation is 2. The minimum absolute atomic E-state index is 0.150. The number of rotatable bonds is 4. The van der Waals surface area contributed by atoms with Crippen LogP contribution < -0.4 is 5.73 Å². The van der Waals surface area contributed by atoms with Gasteiger partial charge in [-0.25, -0.2) is 4.98 Å². The number of hydrogen-bond donors (Lipinski definition) is 1. The summed E-state index contributed by atoms with van der Waals surface area (Å²) in [5, 5.41) is 8.20. The van der Waals surface area contributed by atoms with Crippen LogP contribution in [-0.4, -0.2) is 27.3 Å². The molecule has 2 aromatic heterocycles. The highest BCUT2D eigenvalue weighted by molar-refractivity contribution is 5.78. The number of nitrogen functional groups attached to an aromatic ring is 1. The molecule has 3 rings (SSSR count).